The quantitative estimate of drug-likeness (QED) is 0.552. The molecule has 0 aromatic rings. The van der Waals surface area contributed by atoms with Gasteiger partial charge in [0.2, 0.25) is 0 Å². The fourth-order valence-electron chi connectivity index (χ4n) is 0.0722. The normalized spacial score (nSPS) is 12.0. The van der Waals surface area contributed by atoms with Gasteiger partial charge in [-0.2, -0.15) is 0 Å². The first-order valence-electron chi connectivity index (χ1n) is 2.47. The molecule has 0 aromatic heterocycles. The number of hydrogen-bond donors (Lipinski definition) is 0. The molecule has 0 heterocycles. The Balaban J connectivity index is 3.36. The van der Waals surface area contributed by atoms with Crippen molar-refractivity contribution in [1.82, 2.24) is 0 Å². The Bertz CT molecular complexity index is 46.0. The Morgan fingerprint density at radius 2 is 2.00 bits per heavy atom. The van der Waals surface area contributed by atoms with E-state index in [1.807, 2.05) is 0 Å². The van der Waals surface area contributed by atoms with E-state index in [0.29, 0.717) is 0 Å². The zero-order valence-electron chi connectivity index (χ0n) is 5.12. The SMILES string of the molecule is CCC(C)(C)[O][Ge]. The second-order valence-electron chi connectivity index (χ2n) is 2.22. The van der Waals surface area contributed by atoms with Gasteiger partial charge < -0.3 is 0 Å². The van der Waals surface area contributed by atoms with E-state index in [9.17, 15) is 0 Å². The van der Waals surface area contributed by atoms with Crippen LogP contribution in [0.15, 0.2) is 0 Å². The van der Waals surface area contributed by atoms with Gasteiger partial charge in [-0.1, -0.05) is 0 Å². The first kappa shape index (κ1) is 7.50. The summed E-state index contributed by atoms with van der Waals surface area (Å²) in [5, 5.41) is 0. The van der Waals surface area contributed by atoms with Crippen molar-refractivity contribution < 1.29 is 3.76 Å². The molecule has 0 aliphatic heterocycles. The van der Waals surface area contributed by atoms with Crippen molar-refractivity contribution in [2.75, 3.05) is 0 Å². The van der Waals surface area contributed by atoms with Crippen LogP contribution in [0.25, 0.3) is 0 Å². The van der Waals surface area contributed by atoms with Crippen LogP contribution in [0.5, 0.6) is 0 Å². The van der Waals surface area contributed by atoms with Crippen LogP contribution in [0.4, 0.5) is 0 Å². The molecule has 0 saturated heterocycles. The molecule has 0 aliphatic rings. The molecular formula is C5H11GeO. The Morgan fingerprint density at radius 1 is 1.57 bits per heavy atom. The maximum absolute atomic E-state index is 5.09. The molecule has 3 radical (unpaired) electrons. The summed E-state index contributed by atoms with van der Waals surface area (Å²) in [6.45, 7) is 6.27. The molecule has 0 amide bonds. The molecule has 7 heavy (non-hydrogen) atoms. The van der Waals surface area contributed by atoms with Crippen molar-refractivity contribution in [2.24, 2.45) is 0 Å². The Kier molecular flexibility index (Phi) is 2.92. The van der Waals surface area contributed by atoms with Crippen LogP contribution in [0.2, 0.25) is 0 Å². The molecule has 0 atom stereocenters. The van der Waals surface area contributed by atoms with Crippen molar-refractivity contribution in [3.05, 3.63) is 0 Å². The fourth-order valence-corrected chi connectivity index (χ4v) is 0.375. The van der Waals surface area contributed by atoms with Gasteiger partial charge in [0.1, 0.15) is 0 Å². The van der Waals surface area contributed by atoms with Gasteiger partial charge >= 0.3 is 53.4 Å². The van der Waals surface area contributed by atoms with E-state index in [4.69, 9.17) is 3.76 Å². The number of hydrogen-bond acceptors (Lipinski definition) is 1. The summed E-state index contributed by atoms with van der Waals surface area (Å²) in [7, 11) is 0. The average Bonchev–Trinajstić information content (AvgIpc) is 1.68. The van der Waals surface area contributed by atoms with Crippen molar-refractivity contribution in [3.63, 3.8) is 0 Å². The monoisotopic (exact) mass is 161 g/mol. The fraction of sp³-hybridized carbons (Fsp3) is 1.00. The van der Waals surface area contributed by atoms with Gasteiger partial charge in [-0.25, -0.2) is 0 Å². The molecular weight excluding hydrogens is 149 g/mol. The topological polar surface area (TPSA) is 9.23 Å². The van der Waals surface area contributed by atoms with Crippen molar-refractivity contribution in [1.29, 1.82) is 0 Å². The molecule has 0 aliphatic carbocycles. The first-order valence-corrected chi connectivity index (χ1v) is 3.33. The van der Waals surface area contributed by atoms with Gasteiger partial charge in [-0.15, -0.1) is 0 Å². The Morgan fingerprint density at radius 3 is 2.00 bits per heavy atom. The van der Waals surface area contributed by atoms with E-state index in [2.05, 4.69) is 20.8 Å². The van der Waals surface area contributed by atoms with E-state index < -0.39 is 0 Å². The van der Waals surface area contributed by atoms with Gasteiger partial charge in [-0.05, 0) is 0 Å². The molecule has 2 heteroatoms. The molecule has 1 nitrogen and oxygen atoms in total. The summed E-state index contributed by atoms with van der Waals surface area (Å²) < 4.78 is 5.09. The Hall–Kier alpha value is 0.503. The minimum atomic E-state index is 0.0833. The number of rotatable bonds is 2. The van der Waals surface area contributed by atoms with E-state index in [1.54, 1.807) is 16.9 Å². The molecule has 0 fully saturated rings. The minimum absolute atomic E-state index is 0.0833. The van der Waals surface area contributed by atoms with Crippen molar-refractivity contribution in [3.8, 4) is 0 Å². The molecule has 0 bridgehead atoms. The Labute approximate surface area is 54.0 Å². The molecule has 0 unspecified atom stereocenters. The molecule has 0 aromatic carbocycles. The van der Waals surface area contributed by atoms with E-state index in [1.165, 1.54) is 0 Å². The molecule has 0 N–H and O–H groups in total. The van der Waals surface area contributed by atoms with Crippen LogP contribution in [0.3, 0.4) is 0 Å². The third-order valence-corrected chi connectivity index (χ3v) is 2.29. The average molecular weight is 160 g/mol. The van der Waals surface area contributed by atoms with Crippen molar-refractivity contribution in [2.45, 2.75) is 32.8 Å². The van der Waals surface area contributed by atoms with Crippen molar-refractivity contribution >= 4 is 16.9 Å². The van der Waals surface area contributed by atoms with Gasteiger partial charge in [0, 0.05) is 0 Å². The van der Waals surface area contributed by atoms with Crippen LogP contribution in [0.1, 0.15) is 27.2 Å². The van der Waals surface area contributed by atoms with Gasteiger partial charge in [-0.3, -0.25) is 0 Å². The summed E-state index contributed by atoms with van der Waals surface area (Å²) >= 11 is 1.74. The summed E-state index contributed by atoms with van der Waals surface area (Å²) in [5.74, 6) is 0. The molecule has 0 saturated carbocycles. The third kappa shape index (κ3) is 3.12. The standard InChI is InChI=1S/C5H11GeO/c1-4-5(2,3)7-6/h4H2,1-3H3. The molecule has 0 spiro atoms. The summed E-state index contributed by atoms with van der Waals surface area (Å²) in [6.07, 6.45) is 1.07. The van der Waals surface area contributed by atoms with Gasteiger partial charge in [0.05, 0.1) is 0 Å². The molecule has 41 valence electrons. The van der Waals surface area contributed by atoms with Crippen LogP contribution in [-0.4, -0.2) is 22.5 Å². The zero-order chi connectivity index (χ0) is 5.91. The van der Waals surface area contributed by atoms with Crippen LogP contribution in [-0.2, 0) is 3.76 Å². The summed E-state index contributed by atoms with van der Waals surface area (Å²) in [4.78, 5) is 0. The van der Waals surface area contributed by atoms with Crippen LogP contribution >= 0.6 is 0 Å². The van der Waals surface area contributed by atoms with E-state index in [0.717, 1.165) is 6.42 Å². The predicted molar refractivity (Wildman–Crippen MR) is 31.2 cm³/mol. The van der Waals surface area contributed by atoms with E-state index >= 15 is 0 Å². The summed E-state index contributed by atoms with van der Waals surface area (Å²) in [6, 6.07) is 0. The second kappa shape index (κ2) is 2.72. The van der Waals surface area contributed by atoms with Gasteiger partial charge in [0.15, 0.2) is 0 Å². The van der Waals surface area contributed by atoms with E-state index in [-0.39, 0.29) is 5.60 Å². The first-order chi connectivity index (χ1) is 3.12. The maximum atomic E-state index is 5.09. The second-order valence-corrected chi connectivity index (χ2v) is 2.64. The van der Waals surface area contributed by atoms with Gasteiger partial charge in [0.25, 0.3) is 0 Å². The van der Waals surface area contributed by atoms with Crippen LogP contribution < -0.4 is 0 Å². The third-order valence-electron chi connectivity index (χ3n) is 1.13. The predicted octanol–water partition coefficient (Wildman–Crippen LogP) is 1.28. The molecule has 0 rings (SSSR count). The van der Waals surface area contributed by atoms with Crippen LogP contribution in [0, 0.1) is 0 Å². The zero-order valence-corrected chi connectivity index (χ0v) is 7.21. The summed E-state index contributed by atoms with van der Waals surface area (Å²) in [5.41, 5.74) is 0.0833.